The Morgan fingerprint density at radius 2 is 1.96 bits per heavy atom. The van der Waals surface area contributed by atoms with Crippen molar-refractivity contribution in [3.05, 3.63) is 70.8 Å². The topological polar surface area (TPSA) is 111 Å². The standard InChI is InChI=1S/C18H16N4O3S/c19-8-7-13-11-22(16-2-1-9-20-18(13)16)26(24,25)14-5-3-12-4-6-17(23)21-15(12)10-14/h1-6,9-11H,7-8,19H2,(H,21,23). The van der Waals surface area contributed by atoms with Crippen molar-refractivity contribution in [1.82, 2.24) is 13.9 Å². The SMILES string of the molecule is NCCc1cn(S(=O)(=O)c2ccc3ccc(=O)[nH]c3c2)c2cccnc12. The van der Waals surface area contributed by atoms with Crippen LogP contribution < -0.4 is 11.3 Å². The van der Waals surface area contributed by atoms with Crippen LogP contribution in [0.5, 0.6) is 0 Å². The fraction of sp³-hybridized carbons (Fsp3) is 0.111. The zero-order chi connectivity index (χ0) is 18.3. The Balaban J connectivity index is 1.95. The van der Waals surface area contributed by atoms with Gasteiger partial charge in [0.05, 0.1) is 15.9 Å². The number of aromatic amines is 1. The van der Waals surface area contributed by atoms with E-state index in [9.17, 15) is 13.2 Å². The third-order valence-corrected chi connectivity index (χ3v) is 5.94. The van der Waals surface area contributed by atoms with Crippen LogP contribution in [0.1, 0.15) is 5.56 Å². The molecule has 0 aliphatic carbocycles. The zero-order valence-corrected chi connectivity index (χ0v) is 14.5. The van der Waals surface area contributed by atoms with Gasteiger partial charge in [0.2, 0.25) is 5.56 Å². The summed E-state index contributed by atoms with van der Waals surface area (Å²) < 4.78 is 27.6. The Hall–Kier alpha value is -2.97. The summed E-state index contributed by atoms with van der Waals surface area (Å²) in [7, 11) is -3.85. The maximum atomic E-state index is 13.2. The van der Waals surface area contributed by atoms with Crippen molar-refractivity contribution in [2.45, 2.75) is 11.3 Å². The van der Waals surface area contributed by atoms with Gasteiger partial charge in [-0.1, -0.05) is 6.07 Å². The van der Waals surface area contributed by atoms with Crippen LogP contribution in [0, 0.1) is 0 Å². The highest BCUT2D eigenvalue weighted by atomic mass is 32.2. The summed E-state index contributed by atoms with van der Waals surface area (Å²) in [5.74, 6) is 0. The molecule has 26 heavy (non-hydrogen) atoms. The predicted molar refractivity (Wildman–Crippen MR) is 99.6 cm³/mol. The average Bonchev–Trinajstić information content (AvgIpc) is 3.01. The number of rotatable bonds is 4. The summed E-state index contributed by atoms with van der Waals surface area (Å²) in [6, 6.07) is 11.1. The van der Waals surface area contributed by atoms with Crippen molar-refractivity contribution >= 4 is 32.0 Å². The van der Waals surface area contributed by atoms with Crippen LogP contribution in [-0.2, 0) is 16.4 Å². The second kappa shape index (κ2) is 6.08. The lowest BCUT2D eigenvalue weighted by atomic mass is 10.2. The minimum atomic E-state index is -3.85. The molecule has 0 aliphatic heterocycles. The fourth-order valence-electron chi connectivity index (χ4n) is 3.03. The first kappa shape index (κ1) is 16.5. The number of hydrogen-bond donors (Lipinski definition) is 2. The molecule has 0 saturated carbocycles. The monoisotopic (exact) mass is 368 g/mol. The first-order valence-corrected chi connectivity index (χ1v) is 9.48. The first-order valence-electron chi connectivity index (χ1n) is 8.04. The molecule has 0 atom stereocenters. The largest absolute Gasteiger partial charge is 0.330 e. The summed E-state index contributed by atoms with van der Waals surface area (Å²) >= 11 is 0. The van der Waals surface area contributed by atoms with Crippen molar-refractivity contribution in [3.63, 3.8) is 0 Å². The molecule has 8 heteroatoms. The molecule has 0 unspecified atom stereocenters. The number of nitrogens with one attached hydrogen (secondary N) is 1. The average molecular weight is 368 g/mol. The quantitative estimate of drug-likeness (QED) is 0.569. The van der Waals surface area contributed by atoms with Crippen LogP contribution in [-0.4, -0.2) is 28.9 Å². The third kappa shape index (κ3) is 2.59. The molecule has 132 valence electrons. The van der Waals surface area contributed by atoms with Crippen LogP contribution in [0.25, 0.3) is 21.9 Å². The number of pyridine rings is 2. The first-order chi connectivity index (χ1) is 12.5. The van der Waals surface area contributed by atoms with Crippen LogP contribution in [0.3, 0.4) is 0 Å². The van der Waals surface area contributed by atoms with Gasteiger partial charge in [0, 0.05) is 24.0 Å². The third-order valence-electron chi connectivity index (χ3n) is 4.27. The van der Waals surface area contributed by atoms with Gasteiger partial charge < -0.3 is 10.7 Å². The van der Waals surface area contributed by atoms with Gasteiger partial charge in [-0.25, -0.2) is 12.4 Å². The lowest BCUT2D eigenvalue weighted by Crippen LogP contribution is -2.12. The Morgan fingerprint density at radius 3 is 2.77 bits per heavy atom. The molecule has 0 bridgehead atoms. The summed E-state index contributed by atoms with van der Waals surface area (Å²) in [5, 5.41) is 0.756. The molecule has 4 aromatic rings. The Labute approximate surface area is 149 Å². The predicted octanol–water partition coefficient (Wildman–Crippen LogP) is 1.62. The van der Waals surface area contributed by atoms with E-state index in [-0.39, 0.29) is 10.5 Å². The lowest BCUT2D eigenvalue weighted by Gasteiger charge is -2.08. The molecule has 3 heterocycles. The highest BCUT2D eigenvalue weighted by Gasteiger charge is 2.22. The molecule has 3 N–H and O–H groups in total. The lowest BCUT2D eigenvalue weighted by molar-refractivity contribution is 0.589. The van der Waals surface area contributed by atoms with Gasteiger partial charge >= 0.3 is 0 Å². The summed E-state index contributed by atoms with van der Waals surface area (Å²) in [6.45, 7) is 0.396. The number of benzene rings is 1. The number of nitrogens with two attached hydrogens (primary N) is 1. The summed E-state index contributed by atoms with van der Waals surface area (Å²) in [5.41, 5.74) is 7.72. The molecule has 0 spiro atoms. The van der Waals surface area contributed by atoms with Gasteiger partial charge in [0.25, 0.3) is 10.0 Å². The minimum Gasteiger partial charge on any atom is -0.330 e. The number of H-pyrrole nitrogens is 1. The maximum Gasteiger partial charge on any atom is 0.268 e. The Bertz CT molecular complexity index is 1290. The smallest absolute Gasteiger partial charge is 0.268 e. The minimum absolute atomic E-state index is 0.0897. The van der Waals surface area contributed by atoms with Crippen LogP contribution >= 0.6 is 0 Å². The molecule has 1 aromatic carbocycles. The molecular formula is C18H16N4O3S. The van der Waals surface area contributed by atoms with Gasteiger partial charge in [-0.15, -0.1) is 0 Å². The molecule has 0 fully saturated rings. The van der Waals surface area contributed by atoms with E-state index >= 15 is 0 Å². The van der Waals surface area contributed by atoms with E-state index in [2.05, 4.69) is 9.97 Å². The van der Waals surface area contributed by atoms with Crippen LogP contribution in [0.2, 0.25) is 0 Å². The summed E-state index contributed by atoms with van der Waals surface area (Å²) in [4.78, 5) is 18.6. The van der Waals surface area contributed by atoms with E-state index in [4.69, 9.17) is 5.73 Å². The summed E-state index contributed by atoms with van der Waals surface area (Å²) in [6.07, 6.45) is 3.72. The maximum absolute atomic E-state index is 13.2. The number of aromatic nitrogens is 3. The molecule has 0 radical (unpaired) electrons. The van der Waals surface area contributed by atoms with Crippen molar-refractivity contribution in [2.24, 2.45) is 5.73 Å². The second-order valence-electron chi connectivity index (χ2n) is 5.94. The van der Waals surface area contributed by atoms with Crippen molar-refractivity contribution < 1.29 is 8.42 Å². The van der Waals surface area contributed by atoms with Gasteiger partial charge in [0.1, 0.15) is 0 Å². The van der Waals surface area contributed by atoms with Gasteiger partial charge in [-0.2, -0.15) is 0 Å². The number of fused-ring (bicyclic) bond motifs is 2. The Kier molecular flexibility index (Phi) is 3.86. The normalized spacial score (nSPS) is 12.0. The Morgan fingerprint density at radius 1 is 1.15 bits per heavy atom. The molecule has 0 amide bonds. The van der Waals surface area contributed by atoms with Gasteiger partial charge in [-0.05, 0) is 54.2 Å². The number of nitrogens with zero attached hydrogens (tertiary/aromatic N) is 2. The van der Waals surface area contributed by atoms with E-state index in [1.54, 1.807) is 36.7 Å². The second-order valence-corrected chi connectivity index (χ2v) is 7.75. The van der Waals surface area contributed by atoms with E-state index < -0.39 is 10.0 Å². The molecule has 7 nitrogen and oxygen atoms in total. The molecule has 0 saturated heterocycles. The highest BCUT2D eigenvalue weighted by Crippen LogP contribution is 2.26. The van der Waals surface area contributed by atoms with E-state index in [1.165, 1.54) is 22.2 Å². The van der Waals surface area contributed by atoms with Gasteiger partial charge in [-0.3, -0.25) is 9.78 Å². The molecular weight excluding hydrogens is 352 g/mol. The molecule has 0 aliphatic rings. The highest BCUT2D eigenvalue weighted by molar-refractivity contribution is 7.90. The van der Waals surface area contributed by atoms with Crippen molar-refractivity contribution in [2.75, 3.05) is 6.54 Å². The van der Waals surface area contributed by atoms with E-state index in [0.29, 0.717) is 29.5 Å². The van der Waals surface area contributed by atoms with E-state index in [1.807, 2.05) is 0 Å². The van der Waals surface area contributed by atoms with E-state index in [0.717, 1.165) is 10.9 Å². The van der Waals surface area contributed by atoms with Crippen LogP contribution in [0.4, 0.5) is 0 Å². The van der Waals surface area contributed by atoms with Crippen molar-refractivity contribution in [3.8, 4) is 0 Å². The van der Waals surface area contributed by atoms with Gasteiger partial charge in [0.15, 0.2) is 0 Å². The number of hydrogen-bond acceptors (Lipinski definition) is 5. The fourth-order valence-corrected chi connectivity index (χ4v) is 4.44. The van der Waals surface area contributed by atoms with Crippen molar-refractivity contribution in [1.29, 1.82) is 0 Å². The molecule has 4 rings (SSSR count). The molecule has 3 aromatic heterocycles. The zero-order valence-electron chi connectivity index (χ0n) is 13.7. The van der Waals surface area contributed by atoms with Crippen LogP contribution in [0.15, 0.2) is 64.5 Å².